The Labute approximate surface area is 126 Å². The highest BCUT2D eigenvalue weighted by atomic mass is 16.5. The topological polar surface area (TPSA) is 29.5 Å². The average molecular weight is 283 g/mol. The molecule has 0 atom stereocenters. The number of anilines is 1. The number of hydrogen-bond acceptors (Lipinski definition) is 3. The van der Waals surface area contributed by atoms with Crippen LogP contribution in [0.15, 0.2) is 54.6 Å². The summed E-state index contributed by atoms with van der Waals surface area (Å²) in [4.78, 5) is 13.8. The number of ether oxygens (including phenoxy) is 1. The van der Waals surface area contributed by atoms with E-state index < -0.39 is 0 Å². The quantitative estimate of drug-likeness (QED) is 0.616. The highest BCUT2D eigenvalue weighted by molar-refractivity contribution is 5.77. The molecule has 2 aromatic rings. The molecule has 0 aliphatic rings. The molecule has 0 aliphatic heterocycles. The van der Waals surface area contributed by atoms with E-state index in [1.807, 2.05) is 42.3 Å². The number of nitrogens with zero attached hydrogens (tertiary/aromatic N) is 1. The molecule has 21 heavy (non-hydrogen) atoms. The SMILES string of the molecule is CC(C)c1ccc(N(C)CC(=O)Oc2ccccc2)cc1. The van der Waals surface area contributed by atoms with Gasteiger partial charge in [0.15, 0.2) is 0 Å². The summed E-state index contributed by atoms with van der Waals surface area (Å²) in [6, 6.07) is 17.4. The van der Waals surface area contributed by atoms with Gasteiger partial charge in [-0.25, -0.2) is 4.79 Å². The number of rotatable bonds is 5. The molecular weight excluding hydrogens is 262 g/mol. The van der Waals surface area contributed by atoms with Gasteiger partial charge in [0, 0.05) is 12.7 Å². The van der Waals surface area contributed by atoms with Crippen LogP contribution in [-0.2, 0) is 4.79 Å². The zero-order valence-corrected chi connectivity index (χ0v) is 12.7. The molecule has 0 bridgehead atoms. The summed E-state index contributed by atoms with van der Waals surface area (Å²) in [6.45, 7) is 4.54. The fraction of sp³-hybridized carbons (Fsp3) is 0.278. The van der Waals surface area contributed by atoms with Gasteiger partial charge < -0.3 is 9.64 Å². The van der Waals surface area contributed by atoms with Gasteiger partial charge in [-0.05, 0) is 35.7 Å². The van der Waals surface area contributed by atoms with E-state index in [1.165, 1.54) is 5.56 Å². The van der Waals surface area contributed by atoms with Crippen LogP contribution >= 0.6 is 0 Å². The molecule has 0 spiro atoms. The molecule has 3 heteroatoms. The molecule has 0 aromatic heterocycles. The Morgan fingerprint density at radius 3 is 2.24 bits per heavy atom. The lowest BCUT2D eigenvalue weighted by Gasteiger charge is -2.19. The molecule has 2 aromatic carbocycles. The summed E-state index contributed by atoms with van der Waals surface area (Å²) in [5.74, 6) is 0.815. The van der Waals surface area contributed by atoms with Crippen LogP contribution < -0.4 is 9.64 Å². The summed E-state index contributed by atoms with van der Waals surface area (Å²) in [7, 11) is 1.89. The number of carbonyl (C=O) groups is 1. The summed E-state index contributed by atoms with van der Waals surface area (Å²) < 4.78 is 5.29. The number of carbonyl (C=O) groups excluding carboxylic acids is 1. The minimum Gasteiger partial charge on any atom is -0.425 e. The van der Waals surface area contributed by atoms with Crippen LogP contribution in [0.25, 0.3) is 0 Å². The molecule has 3 nitrogen and oxygen atoms in total. The van der Waals surface area contributed by atoms with E-state index in [-0.39, 0.29) is 12.5 Å². The summed E-state index contributed by atoms with van der Waals surface area (Å²) in [6.07, 6.45) is 0. The van der Waals surface area contributed by atoms with Gasteiger partial charge in [0.05, 0.1) is 0 Å². The standard InChI is InChI=1S/C18H21NO2/c1-14(2)15-9-11-16(12-10-15)19(3)13-18(20)21-17-7-5-4-6-8-17/h4-12,14H,13H2,1-3H3. The average Bonchev–Trinajstić information content (AvgIpc) is 2.48. The second-order valence-corrected chi connectivity index (χ2v) is 5.39. The van der Waals surface area contributed by atoms with E-state index in [9.17, 15) is 4.79 Å². The number of para-hydroxylation sites is 1. The third-order valence-corrected chi connectivity index (χ3v) is 3.34. The summed E-state index contributed by atoms with van der Waals surface area (Å²) in [5.41, 5.74) is 2.29. The molecule has 0 unspecified atom stereocenters. The van der Waals surface area contributed by atoms with Crippen molar-refractivity contribution in [2.24, 2.45) is 0 Å². The minimum absolute atomic E-state index is 0.218. The van der Waals surface area contributed by atoms with Crippen LogP contribution in [0.3, 0.4) is 0 Å². The number of likely N-dealkylation sites (N-methyl/N-ethyl adjacent to an activating group) is 1. The highest BCUT2D eigenvalue weighted by Gasteiger charge is 2.10. The second kappa shape index (κ2) is 6.93. The van der Waals surface area contributed by atoms with E-state index in [0.29, 0.717) is 11.7 Å². The maximum absolute atomic E-state index is 11.9. The molecular formula is C18H21NO2. The first-order chi connectivity index (χ1) is 10.1. The van der Waals surface area contributed by atoms with Crippen molar-refractivity contribution in [3.63, 3.8) is 0 Å². The maximum Gasteiger partial charge on any atom is 0.330 e. The Balaban J connectivity index is 1.94. The monoisotopic (exact) mass is 283 g/mol. The largest absolute Gasteiger partial charge is 0.425 e. The molecule has 0 saturated heterocycles. The molecule has 0 radical (unpaired) electrons. The first kappa shape index (κ1) is 15.1. The van der Waals surface area contributed by atoms with Crippen LogP contribution in [0.2, 0.25) is 0 Å². The molecule has 0 amide bonds. The van der Waals surface area contributed by atoms with Gasteiger partial charge in [0.2, 0.25) is 0 Å². The van der Waals surface area contributed by atoms with Crippen molar-refractivity contribution < 1.29 is 9.53 Å². The molecule has 0 heterocycles. The Bertz CT molecular complexity index is 576. The van der Waals surface area contributed by atoms with Crippen LogP contribution in [0.1, 0.15) is 25.3 Å². The predicted octanol–water partition coefficient (Wildman–Crippen LogP) is 3.85. The smallest absolute Gasteiger partial charge is 0.330 e. The third-order valence-electron chi connectivity index (χ3n) is 3.34. The van der Waals surface area contributed by atoms with Gasteiger partial charge in [-0.2, -0.15) is 0 Å². The van der Waals surface area contributed by atoms with Crippen LogP contribution in [0.5, 0.6) is 5.75 Å². The summed E-state index contributed by atoms with van der Waals surface area (Å²) in [5, 5.41) is 0. The van der Waals surface area contributed by atoms with Crippen molar-refractivity contribution in [3.05, 3.63) is 60.2 Å². The number of benzene rings is 2. The Hall–Kier alpha value is -2.29. The lowest BCUT2D eigenvalue weighted by Crippen LogP contribution is -2.28. The zero-order chi connectivity index (χ0) is 15.2. The molecule has 2 rings (SSSR count). The van der Waals surface area contributed by atoms with Crippen molar-refractivity contribution in [1.82, 2.24) is 0 Å². The highest BCUT2D eigenvalue weighted by Crippen LogP contribution is 2.19. The summed E-state index contributed by atoms with van der Waals surface area (Å²) >= 11 is 0. The number of hydrogen-bond donors (Lipinski definition) is 0. The van der Waals surface area contributed by atoms with Gasteiger partial charge in [0.1, 0.15) is 12.3 Å². The Kier molecular flexibility index (Phi) is 4.99. The Morgan fingerprint density at radius 2 is 1.67 bits per heavy atom. The van der Waals surface area contributed by atoms with Crippen molar-refractivity contribution in [2.45, 2.75) is 19.8 Å². The number of esters is 1. The van der Waals surface area contributed by atoms with Gasteiger partial charge in [-0.3, -0.25) is 0 Å². The fourth-order valence-corrected chi connectivity index (χ4v) is 2.05. The third kappa shape index (κ3) is 4.35. The lowest BCUT2D eigenvalue weighted by atomic mass is 10.0. The van der Waals surface area contributed by atoms with Crippen LogP contribution in [0.4, 0.5) is 5.69 Å². The second-order valence-electron chi connectivity index (χ2n) is 5.39. The maximum atomic E-state index is 11.9. The van der Waals surface area contributed by atoms with Gasteiger partial charge in [-0.1, -0.05) is 44.2 Å². The molecule has 0 aliphatic carbocycles. The van der Waals surface area contributed by atoms with Crippen LogP contribution in [0, 0.1) is 0 Å². The van der Waals surface area contributed by atoms with Crippen molar-refractivity contribution in [2.75, 3.05) is 18.5 Å². The minimum atomic E-state index is -0.267. The van der Waals surface area contributed by atoms with E-state index in [1.54, 1.807) is 12.1 Å². The van der Waals surface area contributed by atoms with Gasteiger partial charge in [0.25, 0.3) is 0 Å². The fourth-order valence-electron chi connectivity index (χ4n) is 2.05. The first-order valence-electron chi connectivity index (χ1n) is 7.13. The van der Waals surface area contributed by atoms with E-state index >= 15 is 0 Å². The van der Waals surface area contributed by atoms with Crippen molar-refractivity contribution in [1.29, 1.82) is 0 Å². The van der Waals surface area contributed by atoms with E-state index in [0.717, 1.165) is 5.69 Å². The lowest BCUT2D eigenvalue weighted by molar-refractivity contribution is -0.132. The van der Waals surface area contributed by atoms with Gasteiger partial charge in [-0.15, -0.1) is 0 Å². The Morgan fingerprint density at radius 1 is 1.05 bits per heavy atom. The van der Waals surface area contributed by atoms with E-state index in [2.05, 4.69) is 26.0 Å². The molecule has 110 valence electrons. The van der Waals surface area contributed by atoms with Crippen molar-refractivity contribution >= 4 is 11.7 Å². The van der Waals surface area contributed by atoms with Crippen molar-refractivity contribution in [3.8, 4) is 5.75 Å². The molecule has 0 saturated carbocycles. The van der Waals surface area contributed by atoms with Crippen LogP contribution in [-0.4, -0.2) is 19.6 Å². The predicted molar refractivity (Wildman–Crippen MR) is 85.9 cm³/mol. The molecule has 0 N–H and O–H groups in total. The zero-order valence-electron chi connectivity index (χ0n) is 12.7. The van der Waals surface area contributed by atoms with E-state index in [4.69, 9.17) is 4.74 Å². The van der Waals surface area contributed by atoms with Gasteiger partial charge >= 0.3 is 5.97 Å². The first-order valence-corrected chi connectivity index (χ1v) is 7.13. The normalized spacial score (nSPS) is 10.5. The molecule has 0 fully saturated rings.